The number of aromatic nitrogens is 2. The van der Waals surface area contributed by atoms with Gasteiger partial charge < -0.3 is 24.3 Å². The molecule has 0 radical (unpaired) electrons. The highest BCUT2D eigenvalue weighted by Crippen LogP contribution is 2.43. The van der Waals surface area contributed by atoms with Crippen LogP contribution in [0, 0.1) is 6.92 Å². The summed E-state index contributed by atoms with van der Waals surface area (Å²) in [7, 11) is 1.68. The van der Waals surface area contributed by atoms with Crippen molar-refractivity contribution in [3.63, 3.8) is 0 Å². The fraction of sp³-hybridized carbons (Fsp3) is 0.241. The molecule has 7 heteroatoms. The van der Waals surface area contributed by atoms with E-state index in [9.17, 15) is 0 Å². The molecule has 4 aromatic rings. The summed E-state index contributed by atoms with van der Waals surface area (Å²) in [4.78, 5) is 6.87. The standard InChI is InChI=1S/C29H30N4O2S/c1-19(2)35-24-15-11-22(12-16-24)33-28(27(31-29(33)36)25-7-5-6-18-30-25)26-17-8-20(3)32(26)21-9-13-23(34-4)14-10-21/h5-19,27-28H,1-4H3,(H,31,36)/t27-,28+/m1/s1. The molecule has 6 nitrogen and oxygen atoms in total. The maximum absolute atomic E-state index is 5.91. The second-order valence-electron chi connectivity index (χ2n) is 9.09. The number of methoxy groups -OCH3 is 1. The molecule has 1 aliphatic rings. The van der Waals surface area contributed by atoms with Crippen molar-refractivity contribution in [3.8, 4) is 17.2 Å². The summed E-state index contributed by atoms with van der Waals surface area (Å²) in [6.07, 6.45) is 1.94. The topological polar surface area (TPSA) is 51.5 Å². The van der Waals surface area contributed by atoms with Crippen LogP contribution < -0.4 is 19.7 Å². The predicted molar refractivity (Wildman–Crippen MR) is 147 cm³/mol. The zero-order chi connectivity index (χ0) is 25.2. The number of benzene rings is 2. The maximum atomic E-state index is 5.91. The van der Waals surface area contributed by atoms with Gasteiger partial charge in [0.05, 0.1) is 24.9 Å². The Morgan fingerprint density at radius 1 is 0.889 bits per heavy atom. The van der Waals surface area contributed by atoms with Crippen molar-refractivity contribution in [2.75, 3.05) is 12.0 Å². The number of pyridine rings is 1. The van der Waals surface area contributed by atoms with E-state index >= 15 is 0 Å². The van der Waals surface area contributed by atoms with Gasteiger partial charge in [0.15, 0.2) is 5.11 Å². The summed E-state index contributed by atoms with van der Waals surface area (Å²) < 4.78 is 13.5. The number of anilines is 1. The van der Waals surface area contributed by atoms with Crippen molar-refractivity contribution in [2.24, 2.45) is 0 Å². The number of hydrogen-bond donors (Lipinski definition) is 1. The zero-order valence-electron chi connectivity index (χ0n) is 20.9. The van der Waals surface area contributed by atoms with E-state index in [0.29, 0.717) is 5.11 Å². The van der Waals surface area contributed by atoms with Crippen LogP contribution in [-0.2, 0) is 0 Å². The molecule has 2 aromatic heterocycles. The van der Waals surface area contributed by atoms with Gasteiger partial charge in [0, 0.05) is 29.0 Å². The normalized spacial score (nSPS) is 17.4. The third-order valence-electron chi connectivity index (χ3n) is 6.32. The molecule has 0 bridgehead atoms. The lowest BCUT2D eigenvalue weighted by Crippen LogP contribution is -2.30. The molecule has 1 aliphatic heterocycles. The molecule has 2 aromatic carbocycles. The van der Waals surface area contributed by atoms with Gasteiger partial charge in [0.2, 0.25) is 0 Å². The maximum Gasteiger partial charge on any atom is 0.174 e. The van der Waals surface area contributed by atoms with Gasteiger partial charge in [0.25, 0.3) is 0 Å². The summed E-state index contributed by atoms with van der Waals surface area (Å²) in [6, 6.07) is 26.3. The molecule has 0 aliphatic carbocycles. The molecule has 0 spiro atoms. The van der Waals surface area contributed by atoms with Gasteiger partial charge in [-0.2, -0.15) is 0 Å². The number of nitrogens with zero attached hydrogens (tertiary/aromatic N) is 3. The Bertz CT molecular complexity index is 1330. The van der Waals surface area contributed by atoms with E-state index in [4.69, 9.17) is 21.7 Å². The number of nitrogens with one attached hydrogen (secondary N) is 1. The second-order valence-corrected chi connectivity index (χ2v) is 9.48. The lowest BCUT2D eigenvalue weighted by Gasteiger charge is -2.29. The highest BCUT2D eigenvalue weighted by atomic mass is 32.1. The Balaban J connectivity index is 1.62. The minimum atomic E-state index is -0.128. The van der Waals surface area contributed by atoms with Crippen LogP contribution in [0.5, 0.6) is 11.5 Å². The minimum Gasteiger partial charge on any atom is -0.497 e. The van der Waals surface area contributed by atoms with Crippen molar-refractivity contribution in [1.82, 2.24) is 14.9 Å². The molecule has 184 valence electrons. The molecular formula is C29H30N4O2S. The first-order chi connectivity index (χ1) is 17.5. The molecule has 5 rings (SSSR count). The van der Waals surface area contributed by atoms with E-state index in [2.05, 4.69) is 63.1 Å². The molecule has 0 amide bonds. The van der Waals surface area contributed by atoms with E-state index in [0.717, 1.165) is 40.0 Å². The van der Waals surface area contributed by atoms with Crippen molar-refractivity contribution < 1.29 is 9.47 Å². The third-order valence-corrected chi connectivity index (χ3v) is 6.64. The van der Waals surface area contributed by atoms with Gasteiger partial charge in [-0.15, -0.1) is 0 Å². The van der Waals surface area contributed by atoms with Crippen LogP contribution in [0.3, 0.4) is 0 Å². The molecule has 3 heterocycles. The second kappa shape index (κ2) is 10.0. The van der Waals surface area contributed by atoms with Gasteiger partial charge in [-0.05, 0) is 106 Å². The fourth-order valence-electron chi connectivity index (χ4n) is 4.76. The van der Waals surface area contributed by atoms with Gasteiger partial charge >= 0.3 is 0 Å². The van der Waals surface area contributed by atoms with Crippen LogP contribution in [0.2, 0.25) is 0 Å². The van der Waals surface area contributed by atoms with Crippen molar-refractivity contribution in [3.05, 3.63) is 102 Å². The largest absolute Gasteiger partial charge is 0.497 e. The van der Waals surface area contributed by atoms with Crippen LogP contribution >= 0.6 is 12.2 Å². The Morgan fingerprint density at radius 2 is 1.58 bits per heavy atom. The van der Waals surface area contributed by atoms with Crippen LogP contribution in [0.4, 0.5) is 5.69 Å². The summed E-state index contributed by atoms with van der Waals surface area (Å²) >= 11 is 5.91. The Labute approximate surface area is 217 Å². The highest BCUT2D eigenvalue weighted by molar-refractivity contribution is 7.80. The molecular weight excluding hydrogens is 468 g/mol. The number of ether oxygens (including phenoxy) is 2. The van der Waals surface area contributed by atoms with Gasteiger partial charge in [-0.25, -0.2) is 0 Å². The lowest BCUT2D eigenvalue weighted by molar-refractivity contribution is 0.242. The summed E-state index contributed by atoms with van der Waals surface area (Å²) in [5.41, 5.74) is 5.24. The fourth-order valence-corrected chi connectivity index (χ4v) is 5.11. The smallest absolute Gasteiger partial charge is 0.174 e. The van der Waals surface area contributed by atoms with Crippen molar-refractivity contribution in [2.45, 2.75) is 39.0 Å². The first-order valence-electron chi connectivity index (χ1n) is 12.1. The Kier molecular flexibility index (Phi) is 6.65. The first kappa shape index (κ1) is 23.9. The van der Waals surface area contributed by atoms with Crippen LogP contribution in [-0.4, -0.2) is 27.9 Å². The minimum absolute atomic E-state index is 0.113. The molecule has 1 N–H and O–H groups in total. The van der Waals surface area contributed by atoms with Crippen molar-refractivity contribution >= 4 is 23.0 Å². The SMILES string of the molecule is COc1ccc(-n2c(C)ccc2[C@H]2[C@@H](c3ccccn3)NC(=S)N2c2ccc(OC(C)C)cc2)cc1. The number of rotatable bonds is 7. The molecule has 0 unspecified atom stereocenters. The average molecular weight is 499 g/mol. The van der Waals surface area contributed by atoms with Crippen LogP contribution in [0.25, 0.3) is 5.69 Å². The lowest BCUT2D eigenvalue weighted by atomic mass is 10.0. The summed E-state index contributed by atoms with van der Waals surface area (Å²) in [5.74, 6) is 1.66. The average Bonchev–Trinajstić information content (AvgIpc) is 3.44. The van der Waals surface area contributed by atoms with Crippen LogP contribution in [0.15, 0.2) is 85.1 Å². The van der Waals surface area contributed by atoms with Crippen LogP contribution in [0.1, 0.15) is 43.0 Å². The van der Waals surface area contributed by atoms with Gasteiger partial charge in [-0.1, -0.05) is 6.07 Å². The summed E-state index contributed by atoms with van der Waals surface area (Å²) in [6.45, 7) is 6.17. The Morgan fingerprint density at radius 3 is 2.22 bits per heavy atom. The van der Waals surface area contributed by atoms with E-state index in [1.165, 1.54) is 0 Å². The molecule has 1 fully saturated rings. The Hall–Kier alpha value is -3.84. The molecule has 36 heavy (non-hydrogen) atoms. The molecule has 1 saturated heterocycles. The third kappa shape index (κ3) is 4.54. The van der Waals surface area contributed by atoms with E-state index in [1.807, 2.05) is 62.5 Å². The van der Waals surface area contributed by atoms with Gasteiger partial charge in [0.1, 0.15) is 17.5 Å². The number of aryl methyl sites for hydroxylation is 1. The number of hydrogen-bond acceptors (Lipinski definition) is 4. The number of thiocarbonyl (C=S) groups is 1. The van der Waals surface area contributed by atoms with Gasteiger partial charge in [-0.3, -0.25) is 4.98 Å². The molecule has 2 atom stereocenters. The van der Waals surface area contributed by atoms with E-state index in [1.54, 1.807) is 7.11 Å². The first-order valence-corrected chi connectivity index (χ1v) is 12.5. The highest BCUT2D eigenvalue weighted by Gasteiger charge is 2.42. The summed E-state index contributed by atoms with van der Waals surface area (Å²) in [5, 5.41) is 4.21. The quantitative estimate of drug-likeness (QED) is 0.308. The van der Waals surface area contributed by atoms with E-state index < -0.39 is 0 Å². The monoisotopic (exact) mass is 498 g/mol. The zero-order valence-corrected chi connectivity index (χ0v) is 21.7. The van der Waals surface area contributed by atoms with E-state index in [-0.39, 0.29) is 18.2 Å². The van der Waals surface area contributed by atoms with Crippen molar-refractivity contribution in [1.29, 1.82) is 0 Å². The molecule has 0 saturated carbocycles. The predicted octanol–water partition coefficient (Wildman–Crippen LogP) is 6.15.